The van der Waals surface area contributed by atoms with Gasteiger partial charge in [-0.1, -0.05) is 30.3 Å². The summed E-state index contributed by atoms with van der Waals surface area (Å²) in [6.45, 7) is 2.03. The number of nitrogens with one attached hydrogen (secondary N) is 1. The number of aliphatic hydroxyl groups is 1. The van der Waals surface area contributed by atoms with Crippen molar-refractivity contribution < 1.29 is 13.5 Å². The van der Waals surface area contributed by atoms with E-state index in [1.807, 2.05) is 25.2 Å². The first-order chi connectivity index (χ1) is 9.53. The summed E-state index contributed by atoms with van der Waals surface area (Å²) in [5.41, 5.74) is 1.25. The van der Waals surface area contributed by atoms with Crippen LogP contribution in [0.3, 0.4) is 0 Å². The van der Waals surface area contributed by atoms with Gasteiger partial charge in [0.1, 0.15) is 0 Å². The topological polar surface area (TPSA) is 69.6 Å². The van der Waals surface area contributed by atoms with E-state index in [0.29, 0.717) is 6.54 Å². The van der Waals surface area contributed by atoms with Gasteiger partial charge in [0, 0.05) is 19.7 Å². The van der Waals surface area contributed by atoms with Crippen LogP contribution in [0.1, 0.15) is 18.4 Å². The Bertz CT molecular complexity index is 463. The van der Waals surface area contributed by atoms with Crippen molar-refractivity contribution in [3.05, 3.63) is 35.9 Å². The Morgan fingerprint density at radius 2 is 1.90 bits per heavy atom. The summed E-state index contributed by atoms with van der Waals surface area (Å²) < 4.78 is 25.5. The smallest absolute Gasteiger partial charge is 0.211 e. The van der Waals surface area contributed by atoms with Gasteiger partial charge in [0.05, 0.1) is 5.75 Å². The molecule has 0 heterocycles. The van der Waals surface area contributed by atoms with E-state index >= 15 is 0 Å². The van der Waals surface area contributed by atoms with Crippen LogP contribution in [0.25, 0.3) is 0 Å². The first kappa shape index (κ1) is 17.1. The van der Waals surface area contributed by atoms with Crippen LogP contribution in [-0.4, -0.2) is 50.9 Å². The fraction of sp³-hybridized carbons (Fsp3) is 0.571. The lowest BCUT2D eigenvalue weighted by atomic mass is 10.2. The number of sulfonamides is 1. The van der Waals surface area contributed by atoms with Crippen molar-refractivity contribution in [3.63, 3.8) is 0 Å². The minimum absolute atomic E-state index is 0.0106. The van der Waals surface area contributed by atoms with E-state index in [0.717, 1.165) is 19.5 Å². The van der Waals surface area contributed by atoms with Crippen molar-refractivity contribution in [2.24, 2.45) is 0 Å². The van der Waals surface area contributed by atoms with Crippen LogP contribution in [0, 0.1) is 0 Å². The minimum Gasteiger partial charge on any atom is -0.396 e. The molecule has 1 aromatic carbocycles. The van der Waals surface area contributed by atoms with Gasteiger partial charge in [-0.15, -0.1) is 0 Å². The Hall–Kier alpha value is -0.950. The van der Waals surface area contributed by atoms with Gasteiger partial charge in [-0.05, 0) is 32.0 Å². The van der Waals surface area contributed by atoms with Gasteiger partial charge in [-0.25, -0.2) is 13.1 Å². The molecule has 0 saturated heterocycles. The van der Waals surface area contributed by atoms with E-state index < -0.39 is 10.0 Å². The second kappa shape index (κ2) is 9.07. The van der Waals surface area contributed by atoms with Crippen molar-refractivity contribution in [1.29, 1.82) is 0 Å². The quantitative estimate of drug-likeness (QED) is 0.627. The highest BCUT2D eigenvalue weighted by Crippen LogP contribution is 2.02. The van der Waals surface area contributed by atoms with Crippen LogP contribution in [-0.2, 0) is 16.6 Å². The van der Waals surface area contributed by atoms with Crippen LogP contribution in [0.4, 0.5) is 0 Å². The molecule has 114 valence electrons. The molecule has 5 nitrogen and oxygen atoms in total. The average Bonchev–Trinajstić information content (AvgIpc) is 2.43. The van der Waals surface area contributed by atoms with Gasteiger partial charge in [0.15, 0.2) is 0 Å². The summed E-state index contributed by atoms with van der Waals surface area (Å²) in [4.78, 5) is 2.16. The SMILES string of the molecule is CN(CCCNS(=O)(=O)CCCO)Cc1ccccc1. The molecule has 0 fully saturated rings. The number of hydrogen-bond donors (Lipinski definition) is 2. The lowest BCUT2D eigenvalue weighted by Crippen LogP contribution is -2.30. The summed E-state index contributed by atoms with van der Waals surface area (Å²) in [5, 5.41) is 8.62. The lowest BCUT2D eigenvalue weighted by Gasteiger charge is -2.16. The van der Waals surface area contributed by atoms with Crippen molar-refractivity contribution in [1.82, 2.24) is 9.62 Å². The van der Waals surface area contributed by atoms with Crippen LogP contribution in [0.15, 0.2) is 30.3 Å². The molecule has 2 N–H and O–H groups in total. The number of aliphatic hydroxyl groups excluding tert-OH is 1. The third kappa shape index (κ3) is 7.59. The molecule has 20 heavy (non-hydrogen) atoms. The van der Waals surface area contributed by atoms with Crippen LogP contribution >= 0.6 is 0 Å². The molecule has 0 amide bonds. The molecule has 0 unspecified atom stereocenters. The molecule has 6 heteroatoms. The van der Waals surface area contributed by atoms with Crippen molar-refractivity contribution in [3.8, 4) is 0 Å². The van der Waals surface area contributed by atoms with Gasteiger partial charge in [0.2, 0.25) is 10.0 Å². The van der Waals surface area contributed by atoms with Crippen LogP contribution in [0.5, 0.6) is 0 Å². The Kier molecular flexibility index (Phi) is 7.76. The second-order valence-corrected chi connectivity index (χ2v) is 6.79. The summed E-state index contributed by atoms with van der Waals surface area (Å²) >= 11 is 0. The largest absolute Gasteiger partial charge is 0.396 e. The van der Waals surface area contributed by atoms with Crippen molar-refractivity contribution in [2.45, 2.75) is 19.4 Å². The predicted molar refractivity (Wildman–Crippen MR) is 80.9 cm³/mol. The summed E-state index contributed by atoms with van der Waals surface area (Å²) in [5.74, 6) is -0.0106. The molecular formula is C14H24N2O3S. The first-order valence-corrected chi connectivity index (χ1v) is 8.49. The second-order valence-electron chi connectivity index (χ2n) is 4.87. The molecule has 1 aromatic rings. The molecule has 0 bridgehead atoms. The third-order valence-electron chi connectivity index (χ3n) is 2.91. The highest BCUT2D eigenvalue weighted by Gasteiger charge is 2.08. The van der Waals surface area contributed by atoms with Crippen molar-refractivity contribution in [2.75, 3.05) is 32.5 Å². The average molecular weight is 300 g/mol. The molecule has 0 aliphatic carbocycles. The molecular weight excluding hydrogens is 276 g/mol. The standard InChI is InChI=1S/C14H24N2O3S/c1-16(13-14-7-3-2-4-8-14)10-5-9-15-20(18,19)12-6-11-17/h2-4,7-8,15,17H,5-6,9-13H2,1H3. The van der Waals surface area contributed by atoms with E-state index in [1.165, 1.54) is 5.56 Å². The lowest BCUT2D eigenvalue weighted by molar-refractivity contribution is 0.295. The molecule has 0 aliphatic rings. The Labute approximate surface area is 121 Å². The van der Waals surface area contributed by atoms with Crippen molar-refractivity contribution >= 4 is 10.0 Å². The maximum Gasteiger partial charge on any atom is 0.211 e. The summed E-state index contributed by atoms with van der Waals surface area (Å²) in [6.07, 6.45) is 1.05. The van der Waals surface area contributed by atoms with E-state index in [-0.39, 0.29) is 18.8 Å². The fourth-order valence-electron chi connectivity index (χ4n) is 1.88. The summed E-state index contributed by atoms with van der Waals surface area (Å²) in [7, 11) is -1.21. The van der Waals surface area contributed by atoms with E-state index in [1.54, 1.807) is 0 Å². The van der Waals surface area contributed by atoms with Gasteiger partial charge in [-0.2, -0.15) is 0 Å². The Morgan fingerprint density at radius 1 is 1.20 bits per heavy atom. The normalized spacial score (nSPS) is 11.9. The molecule has 0 saturated carbocycles. The zero-order valence-electron chi connectivity index (χ0n) is 12.0. The molecule has 0 aromatic heterocycles. The number of hydrogen-bond acceptors (Lipinski definition) is 4. The zero-order chi connectivity index (χ0) is 14.8. The molecule has 0 radical (unpaired) electrons. The zero-order valence-corrected chi connectivity index (χ0v) is 12.8. The highest BCUT2D eigenvalue weighted by atomic mass is 32.2. The van der Waals surface area contributed by atoms with Gasteiger partial charge in [-0.3, -0.25) is 0 Å². The van der Waals surface area contributed by atoms with E-state index in [2.05, 4.69) is 21.8 Å². The maximum atomic E-state index is 11.5. The predicted octanol–water partition coefficient (Wildman–Crippen LogP) is 0.810. The molecule has 1 rings (SSSR count). The highest BCUT2D eigenvalue weighted by molar-refractivity contribution is 7.89. The Balaban J connectivity index is 2.17. The van der Waals surface area contributed by atoms with Crippen LogP contribution < -0.4 is 4.72 Å². The van der Waals surface area contributed by atoms with Gasteiger partial charge >= 0.3 is 0 Å². The maximum absolute atomic E-state index is 11.5. The third-order valence-corrected chi connectivity index (χ3v) is 4.38. The monoisotopic (exact) mass is 300 g/mol. The number of nitrogens with zero attached hydrogens (tertiary/aromatic N) is 1. The summed E-state index contributed by atoms with van der Waals surface area (Å²) in [6, 6.07) is 10.2. The van der Waals surface area contributed by atoms with Crippen LogP contribution in [0.2, 0.25) is 0 Å². The molecule has 0 aliphatic heterocycles. The molecule has 0 spiro atoms. The fourth-order valence-corrected chi connectivity index (χ4v) is 2.99. The van der Waals surface area contributed by atoms with Gasteiger partial charge in [0.25, 0.3) is 0 Å². The first-order valence-electron chi connectivity index (χ1n) is 6.84. The number of benzene rings is 1. The number of rotatable bonds is 10. The minimum atomic E-state index is -3.23. The van der Waals surface area contributed by atoms with Gasteiger partial charge < -0.3 is 10.0 Å². The molecule has 0 atom stereocenters. The Morgan fingerprint density at radius 3 is 2.55 bits per heavy atom. The van der Waals surface area contributed by atoms with E-state index in [4.69, 9.17) is 5.11 Å². The van der Waals surface area contributed by atoms with E-state index in [9.17, 15) is 8.42 Å².